The Hall–Kier alpha value is -0.900. The quantitative estimate of drug-likeness (QED) is 0.568. The highest BCUT2D eigenvalue weighted by atomic mass is 16.3. The van der Waals surface area contributed by atoms with E-state index < -0.39 is 0 Å². The van der Waals surface area contributed by atoms with Crippen LogP contribution in [0.2, 0.25) is 0 Å². The summed E-state index contributed by atoms with van der Waals surface area (Å²) in [6.45, 7) is 2.17. The van der Waals surface area contributed by atoms with E-state index in [9.17, 15) is 0 Å². The maximum absolute atomic E-state index is 8.56. The molecule has 1 aromatic rings. The van der Waals surface area contributed by atoms with E-state index in [0.717, 1.165) is 12.1 Å². The molecular weight excluding hydrogens is 164 g/mol. The van der Waals surface area contributed by atoms with Crippen molar-refractivity contribution in [3.63, 3.8) is 0 Å². The summed E-state index contributed by atoms with van der Waals surface area (Å²) in [6, 6.07) is 8.13. The van der Waals surface area contributed by atoms with E-state index in [0.29, 0.717) is 13.1 Å². The zero-order valence-electron chi connectivity index (χ0n) is 7.66. The standard InChI is InChI=1S/C10H16N2O/c11-7-9-2-1-3-10(6-9)8-12-4-5-13/h1-3,6,12-13H,4-5,7-8,11H2. The van der Waals surface area contributed by atoms with Gasteiger partial charge in [0.15, 0.2) is 0 Å². The fraction of sp³-hybridized carbons (Fsp3) is 0.400. The fourth-order valence-corrected chi connectivity index (χ4v) is 1.18. The molecule has 4 N–H and O–H groups in total. The number of nitrogens with one attached hydrogen (secondary N) is 1. The zero-order chi connectivity index (χ0) is 9.52. The molecule has 3 nitrogen and oxygen atoms in total. The van der Waals surface area contributed by atoms with Crippen LogP contribution in [-0.2, 0) is 13.1 Å². The highest BCUT2D eigenvalue weighted by Gasteiger charge is 1.93. The zero-order valence-corrected chi connectivity index (χ0v) is 7.66. The van der Waals surface area contributed by atoms with Gasteiger partial charge in [-0.25, -0.2) is 0 Å². The van der Waals surface area contributed by atoms with Crippen LogP contribution >= 0.6 is 0 Å². The van der Waals surface area contributed by atoms with E-state index in [4.69, 9.17) is 10.8 Å². The summed E-state index contributed by atoms with van der Waals surface area (Å²) in [6.07, 6.45) is 0. The summed E-state index contributed by atoms with van der Waals surface area (Å²) in [5, 5.41) is 11.7. The Bertz CT molecular complexity index is 250. The van der Waals surface area contributed by atoms with E-state index in [2.05, 4.69) is 11.4 Å². The van der Waals surface area contributed by atoms with Gasteiger partial charge in [0.05, 0.1) is 6.61 Å². The van der Waals surface area contributed by atoms with Gasteiger partial charge in [0, 0.05) is 19.6 Å². The van der Waals surface area contributed by atoms with Gasteiger partial charge >= 0.3 is 0 Å². The van der Waals surface area contributed by atoms with Gasteiger partial charge in [-0.05, 0) is 11.1 Å². The summed E-state index contributed by atoms with van der Waals surface area (Å²) in [7, 11) is 0. The van der Waals surface area contributed by atoms with Gasteiger partial charge in [0.2, 0.25) is 0 Å². The van der Waals surface area contributed by atoms with Gasteiger partial charge in [-0.15, -0.1) is 0 Å². The Kier molecular flexibility index (Phi) is 4.46. The van der Waals surface area contributed by atoms with Crippen LogP contribution in [0.5, 0.6) is 0 Å². The predicted octanol–water partition coefficient (Wildman–Crippen LogP) is 0.227. The first-order chi connectivity index (χ1) is 6.36. The SMILES string of the molecule is NCc1cccc(CNCCO)c1. The van der Waals surface area contributed by atoms with Crippen molar-refractivity contribution >= 4 is 0 Å². The molecule has 72 valence electrons. The molecule has 0 saturated heterocycles. The van der Waals surface area contributed by atoms with Crippen molar-refractivity contribution in [1.29, 1.82) is 0 Å². The number of hydrogen-bond donors (Lipinski definition) is 3. The number of nitrogens with two attached hydrogens (primary N) is 1. The van der Waals surface area contributed by atoms with Gasteiger partial charge in [-0.1, -0.05) is 24.3 Å². The predicted molar refractivity (Wildman–Crippen MR) is 53.1 cm³/mol. The third-order valence-electron chi connectivity index (χ3n) is 1.84. The first kappa shape index (κ1) is 10.2. The number of rotatable bonds is 5. The van der Waals surface area contributed by atoms with Gasteiger partial charge in [-0.2, -0.15) is 0 Å². The van der Waals surface area contributed by atoms with Crippen LogP contribution in [0.25, 0.3) is 0 Å². The smallest absolute Gasteiger partial charge is 0.0556 e. The van der Waals surface area contributed by atoms with E-state index in [1.165, 1.54) is 5.56 Å². The third-order valence-corrected chi connectivity index (χ3v) is 1.84. The second-order valence-electron chi connectivity index (χ2n) is 2.92. The number of hydrogen-bond acceptors (Lipinski definition) is 3. The lowest BCUT2D eigenvalue weighted by Crippen LogP contribution is -2.17. The average molecular weight is 180 g/mol. The van der Waals surface area contributed by atoms with Crippen LogP contribution in [0.15, 0.2) is 24.3 Å². The molecule has 0 saturated carbocycles. The van der Waals surface area contributed by atoms with Gasteiger partial charge < -0.3 is 16.2 Å². The van der Waals surface area contributed by atoms with Crippen LogP contribution in [0.4, 0.5) is 0 Å². The van der Waals surface area contributed by atoms with Crippen molar-refractivity contribution in [2.45, 2.75) is 13.1 Å². The molecule has 0 aliphatic heterocycles. The molecule has 0 spiro atoms. The second-order valence-corrected chi connectivity index (χ2v) is 2.92. The van der Waals surface area contributed by atoms with Gasteiger partial charge in [0.25, 0.3) is 0 Å². The molecule has 0 aromatic heterocycles. The maximum Gasteiger partial charge on any atom is 0.0556 e. The van der Waals surface area contributed by atoms with Crippen molar-refractivity contribution in [2.24, 2.45) is 5.73 Å². The summed E-state index contributed by atoms with van der Waals surface area (Å²) in [5.74, 6) is 0. The van der Waals surface area contributed by atoms with Crippen LogP contribution in [0, 0.1) is 0 Å². The molecule has 1 rings (SSSR count). The third kappa shape index (κ3) is 3.55. The van der Waals surface area contributed by atoms with Gasteiger partial charge in [0.1, 0.15) is 0 Å². The van der Waals surface area contributed by atoms with Crippen LogP contribution in [0.1, 0.15) is 11.1 Å². The Morgan fingerprint density at radius 1 is 1.31 bits per heavy atom. The molecule has 1 aromatic carbocycles. The second kappa shape index (κ2) is 5.70. The van der Waals surface area contributed by atoms with Crippen LogP contribution in [-0.4, -0.2) is 18.3 Å². The first-order valence-corrected chi connectivity index (χ1v) is 4.46. The number of aliphatic hydroxyl groups is 1. The van der Waals surface area contributed by atoms with Crippen molar-refractivity contribution in [2.75, 3.05) is 13.2 Å². The average Bonchev–Trinajstić information content (AvgIpc) is 2.19. The molecule has 0 aliphatic rings. The Morgan fingerprint density at radius 2 is 2.08 bits per heavy atom. The van der Waals surface area contributed by atoms with E-state index in [1.54, 1.807) is 0 Å². The molecule has 0 bridgehead atoms. The lowest BCUT2D eigenvalue weighted by Gasteiger charge is -2.04. The number of benzene rings is 1. The largest absolute Gasteiger partial charge is 0.395 e. The summed E-state index contributed by atoms with van der Waals surface area (Å²) in [5.41, 5.74) is 7.86. The molecule has 0 fully saturated rings. The van der Waals surface area contributed by atoms with Crippen molar-refractivity contribution in [1.82, 2.24) is 5.32 Å². The van der Waals surface area contributed by atoms with Crippen molar-refractivity contribution in [3.05, 3.63) is 35.4 Å². The van der Waals surface area contributed by atoms with E-state index >= 15 is 0 Å². The number of aliphatic hydroxyl groups excluding tert-OH is 1. The van der Waals surface area contributed by atoms with Crippen LogP contribution < -0.4 is 11.1 Å². The highest BCUT2D eigenvalue weighted by molar-refractivity contribution is 5.23. The maximum atomic E-state index is 8.56. The topological polar surface area (TPSA) is 58.3 Å². The molecule has 13 heavy (non-hydrogen) atoms. The summed E-state index contributed by atoms with van der Waals surface area (Å²) < 4.78 is 0. The van der Waals surface area contributed by atoms with Gasteiger partial charge in [-0.3, -0.25) is 0 Å². The molecule has 0 unspecified atom stereocenters. The normalized spacial score (nSPS) is 10.3. The Labute approximate surface area is 78.6 Å². The Balaban J connectivity index is 2.46. The minimum Gasteiger partial charge on any atom is -0.395 e. The molecule has 0 radical (unpaired) electrons. The first-order valence-electron chi connectivity index (χ1n) is 4.46. The molecule has 3 heteroatoms. The molecule has 0 aliphatic carbocycles. The molecular formula is C10H16N2O. The van der Waals surface area contributed by atoms with E-state index in [-0.39, 0.29) is 6.61 Å². The lowest BCUT2D eigenvalue weighted by atomic mass is 10.1. The highest BCUT2D eigenvalue weighted by Crippen LogP contribution is 2.03. The molecule has 0 amide bonds. The minimum absolute atomic E-state index is 0.177. The molecule has 0 atom stereocenters. The minimum atomic E-state index is 0.177. The fourth-order valence-electron chi connectivity index (χ4n) is 1.18. The van der Waals surface area contributed by atoms with Crippen molar-refractivity contribution < 1.29 is 5.11 Å². The lowest BCUT2D eigenvalue weighted by molar-refractivity contribution is 0.292. The van der Waals surface area contributed by atoms with E-state index in [1.807, 2.05) is 18.2 Å². The molecule has 0 heterocycles. The van der Waals surface area contributed by atoms with Crippen LogP contribution in [0.3, 0.4) is 0 Å². The monoisotopic (exact) mass is 180 g/mol. The summed E-state index contributed by atoms with van der Waals surface area (Å²) >= 11 is 0. The Morgan fingerprint density at radius 3 is 2.77 bits per heavy atom. The summed E-state index contributed by atoms with van der Waals surface area (Å²) in [4.78, 5) is 0. The van der Waals surface area contributed by atoms with Crippen molar-refractivity contribution in [3.8, 4) is 0 Å².